The van der Waals surface area contributed by atoms with Gasteiger partial charge in [-0.2, -0.15) is 13.2 Å². The minimum absolute atomic E-state index is 0.0360. The minimum Gasteiger partial charge on any atom is -0.358 e. The van der Waals surface area contributed by atoms with E-state index >= 15 is 0 Å². The van der Waals surface area contributed by atoms with Crippen molar-refractivity contribution in [2.45, 2.75) is 31.4 Å². The molecule has 0 aliphatic heterocycles. The van der Waals surface area contributed by atoms with E-state index in [1.54, 1.807) is 18.3 Å². The first kappa shape index (κ1) is 25.9. The number of allylic oxidation sites excluding steroid dienone is 1. The van der Waals surface area contributed by atoms with Crippen LogP contribution < -0.4 is 10.6 Å². The molecule has 0 aliphatic carbocycles. The number of rotatable bonds is 11. The van der Waals surface area contributed by atoms with Crippen LogP contribution in [0.2, 0.25) is 0 Å². The van der Waals surface area contributed by atoms with Gasteiger partial charge >= 0.3 is 6.18 Å². The molecule has 8 heteroatoms. The zero-order valence-corrected chi connectivity index (χ0v) is 20.1. The summed E-state index contributed by atoms with van der Waals surface area (Å²) >= 11 is 0. The Morgan fingerprint density at radius 2 is 1.78 bits per heavy atom. The Hall–Kier alpha value is -4.20. The molecule has 1 amide bonds. The van der Waals surface area contributed by atoms with Gasteiger partial charge in [-0.1, -0.05) is 24.3 Å². The molecule has 190 valence electrons. The fourth-order valence-electron chi connectivity index (χ4n) is 4.39. The molecule has 0 fully saturated rings. The summed E-state index contributed by atoms with van der Waals surface area (Å²) in [5, 5.41) is 6.76. The lowest BCUT2D eigenvalue weighted by molar-refractivity contribution is -0.137. The van der Waals surface area contributed by atoms with Crippen molar-refractivity contribution in [1.82, 2.24) is 15.3 Å². The summed E-state index contributed by atoms with van der Waals surface area (Å²) in [6, 6.07) is 16.7. The molecule has 1 aromatic heterocycles. The normalized spacial score (nSPS) is 12.2. The first-order chi connectivity index (χ1) is 17.9. The highest BCUT2D eigenvalue weighted by Gasteiger charge is 2.30. The molecule has 1 heterocycles. The van der Waals surface area contributed by atoms with Crippen LogP contribution in [0.15, 0.2) is 85.8 Å². The van der Waals surface area contributed by atoms with E-state index in [9.17, 15) is 18.0 Å². The van der Waals surface area contributed by atoms with Crippen molar-refractivity contribution in [3.8, 4) is 11.1 Å². The molecule has 4 aromatic rings. The zero-order valence-electron chi connectivity index (χ0n) is 20.1. The molecule has 0 aliphatic rings. The Kier molecular flexibility index (Phi) is 8.18. The lowest BCUT2D eigenvalue weighted by Crippen LogP contribution is -2.20. The number of carbonyl (C=O) groups excluding carboxylic acids is 1. The van der Waals surface area contributed by atoms with E-state index in [1.807, 2.05) is 30.3 Å². The Balaban J connectivity index is 1.71. The van der Waals surface area contributed by atoms with E-state index < -0.39 is 11.7 Å². The van der Waals surface area contributed by atoms with Crippen LogP contribution in [-0.4, -0.2) is 22.9 Å². The van der Waals surface area contributed by atoms with Crippen LogP contribution in [0.25, 0.3) is 22.0 Å². The number of hydrogen-bond acceptors (Lipinski definition) is 4. The van der Waals surface area contributed by atoms with E-state index in [1.165, 1.54) is 12.4 Å². The van der Waals surface area contributed by atoms with E-state index in [0.29, 0.717) is 24.3 Å². The van der Waals surface area contributed by atoms with Gasteiger partial charge in [-0.3, -0.25) is 4.79 Å². The predicted octanol–water partition coefficient (Wildman–Crippen LogP) is 7.25. The molecule has 0 bridgehead atoms. The molecule has 0 saturated heterocycles. The van der Waals surface area contributed by atoms with E-state index in [-0.39, 0.29) is 5.92 Å². The quantitative estimate of drug-likeness (QED) is 0.128. The maximum Gasteiger partial charge on any atom is 0.416 e. The van der Waals surface area contributed by atoms with Crippen LogP contribution in [0.1, 0.15) is 36.3 Å². The third kappa shape index (κ3) is 6.52. The van der Waals surface area contributed by atoms with Gasteiger partial charge in [0.15, 0.2) is 0 Å². The van der Waals surface area contributed by atoms with Crippen molar-refractivity contribution in [2.24, 2.45) is 0 Å². The highest BCUT2D eigenvalue weighted by Crippen LogP contribution is 2.35. The van der Waals surface area contributed by atoms with Crippen molar-refractivity contribution in [1.29, 1.82) is 0 Å². The smallest absolute Gasteiger partial charge is 0.358 e. The topological polar surface area (TPSA) is 66.9 Å². The second-order valence-electron chi connectivity index (χ2n) is 8.75. The van der Waals surface area contributed by atoms with Gasteiger partial charge in [-0.15, -0.1) is 6.58 Å². The molecule has 0 radical (unpaired) electrons. The van der Waals surface area contributed by atoms with Gasteiger partial charge in [0, 0.05) is 35.4 Å². The SMILES string of the molecule is C=CCCCC(CNC=O)c1cc(-c2cccc(Nc3cccc(C(F)(F)F)c3)c2)cc2cncnc12. The van der Waals surface area contributed by atoms with E-state index in [2.05, 4.69) is 33.2 Å². The number of carbonyl (C=O) groups is 1. The summed E-state index contributed by atoms with van der Waals surface area (Å²) in [5.41, 5.74) is 3.94. The third-order valence-electron chi connectivity index (χ3n) is 6.16. The average molecular weight is 505 g/mol. The van der Waals surface area contributed by atoms with Gasteiger partial charge in [0.2, 0.25) is 6.41 Å². The largest absolute Gasteiger partial charge is 0.416 e. The fraction of sp³-hybridized carbons (Fsp3) is 0.207. The van der Waals surface area contributed by atoms with Crippen LogP contribution in [0.4, 0.5) is 24.5 Å². The van der Waals surface area contributed by atoms with Crippen molar-refractivity contribution >= 4 is 28.7 Å². The van der Waals surface area contributed by atoms with Crippen LogP contribution in [0, 0.1) is 0 Å². The molecule has 1 atom stereocenters. The molecular weight excluding hydrogens is 477 g/mol. The molecule has 0 spiro atoms. The molecule has 3 aromatic carbocycles. The number of benzene rings is 3. The maximum atomic E-state index is 13.1. The van der Waals surface area contributed by atoms with Gasteiger partial charge in [0.05, 0.1) is 11.1 Å². The van der Waals surface area contributed by atoms with Gasteiger partial charge in [-0.25, -0.2) is 9.97 Å². The van der Waals surface area contributed by atoms with Crippen molar-refractivity contribution in [2.75, 3.05) is 11.9 Å². The molecule has 37 heavy (non-hydrogen) atoms. The third-order valence-corrected chi connectivity index (χ3v) is 6.16. The first-order valence-corrected chi connectivity index (χ1v) is 12.0. The molecule has 1 unspecified atom stereocenters. The van der Waals surface area contributed by atoms with Gasteiger partial charge in [0.25, 0.3) is 0 Å². The Bertz CT molecular complexity index is 1390. The lowest BCUT2D eigenvalue weighted by Gasteiger charge is -2.20. The number of fused-ring (bicyclic) bond motifs is 1. The second-order valence-corrected chi connectivity index (χ2v) is 8.75. The van der Waals surface area contributed by atoms with Crippen LogP contribution >= 0.6 is 0 Å². The summed E-state index contributed by atoms with van der Waals surface area (Å²) in [6.07, 6.45) is 4.06. The summed E-state index contributed by atoms with van der Waals surface area (Å²) in [6.45, 7) is 4.27. The number of hydrogen-bond donors (Lipinski definition) is 2. The number of halogens is 3. The molecule has 0 saturated carbocycles. The van der Waals surface area contributed by atoms with Gasteiger partial charge in [-0.05, 0) is 78.4 Å². The lowest BCUT2D eigenvalue weighted by atomic mass is 9.89. The number of aromatic nitrogens is 2. The van der Waals surface area contributed by atoms with Gasteiger partial charge < -0.3 is 10.6 Å². The van der Waals surface area contributed by atoms with Crippen LogP contribution in [0.3, 0.4) is 0 Å². The monoisotopic (exact) mass is 504 g/mol. The summed E-state index contributed by atoms with van der Waals surface area (Å²) in [7, 11) is 0. The molecule has 2 N–H and O–H groups in total. The van der Waals surface area contributed by atoms with E-state index in [0.717, 1.165) is 59.0 Å². The predicted molar refractivity (Wildman–Crippen MR) is 141 cm³/mol. The first-order valence-electron chi connectivity index (χ1n) is 12.0. The number of anilines is 2. The van der Waals surface area contributed by atoms with Crippen molar-refractivity contribution < 1.29 is 18.0 Å². The van der Waals surface area contributed by atoms with E-state index in [4.69, 9.17) is 0 Å². The molecular formula is C29H27F3N4O. The average Bonchev–Trinajstić information content (AvgIpc) is 2.90. The number of unbranched alkanes of at least 4 members (excludes halogenated alkanes) is 1. The summed E-state index contributed by atoms with van der Waals surface area (Å²) in [5.74, 6) is 0.0360. The minimum atomic E-state index is -4.41. The van der Waals surface area contributed by atoms with Crippen LogP contribution in [-0.2, 0) is 11.0 Å². The summed E-state index contributed by atoms with van der Waals surface area (Å²) in [4.78, 5) is 19.8. The van der Waals surface area contributed by atoms with Gasteiger partial charge in [0.1, 0.15) is 6.33 Å². The van der Waals surface area contributed by atoms with Crippen molar-refractivity contribution in [3.63, 3.8) is 0 Å². The number of alkyl halides is 3. The fourth-order valence-corrected chi connectivity index (χ4v) is 4.39. The highest BCUT2D eigenvalue weighted by atomic mass is 19.4. The standard InChI is InChI=1S/C29H27F3N4O/c1-2-3-4-7-21(16-34-19-37)27-14-22(12-23-17-33-18-35-28(23)27)20-8-5-10-25(13-20)36-26-11-6-9-24(15-26)29(30,31)32/h2,5-6,8-15,17-19,21,36H,1,3-4,7,16H2,(H,34,37). The zero-order chi connectivity index (χ0) is 26.3. The highest BCUT2D eigenvalue weighted by molar-refractivity contribution is 5.88. The number of nitrogens with one attached hydrogen (secondary N) is 2. The Morgan fingerprint density at radius 3 is 2.54 bits per heavy atom. The summed E-state index contributed by atoms with van der Waals surface area (Å²) < 4.78 is 39.4. The van der Waals surface area contributed by atoms with Crippen molar-refractivity contribution in [3.05, 3.63) is 97.0 Å². The van der Waals surface area contributed by atoms with Crippen LogP contribution in [0.5, 0.6) is 0 Å². The Labute approximate surface area is 213 Å². The molecule has 4 rings (SSSR count). The molecule has 5 nitrogen and oxygen atoms in total. The number of nitrogens with zero attached hydrogens (tertiary/aromatic N) is 2. The number of amides is 1. The maximum absolute atomic E-state index is 13.1. The second kappa shape index (κ2) is 11.7. The Morgan fingerprint density at radius 1 is 1.00 bits per heavy atom.